The van der Waals surface area contributed by atoms with Gasteiger partial charge in [0.25, 0.3) is 0 Å². The lowest BCUT2D eigenvalue weighted by molar-refractivity contribution is 0.137. The maximum Gasteiger partial charge on any atom is 0.229 e. The summed E-state index contributed by atoms with van der Waals surface area (Å²) in [6.45, 7) is 2.57. The van der Waals surface area contributed by atoms with Gasteiger partial charge in [0.05, 0.1) is 6.10 Å². The van der Waals surface area contributed by atoms with E-state index in [-0.39, 0.29) is 17.9 Å². The minimum atomic E-state index is -0.367. The van der Waals surface area contributed by atoms with Crippen LogP contribution in [0, 0.1) is 12.8 Å². The Bertz CT molecular complexity index is 685. The smallest absolute Gasteiger partial charge is 0.229 e. The van der Waals surface area contributed by atoms with Crippen LogP contribution in [0.2, 0.25) is 0 Å². The van der Waals surface area contributed by atoms with Crippen molar-refractivity contribution in [1.29, 1.82) is 0 Å². The first-order valence-electron chi connectivity index (χ1n) is 8.24. The molecule has 2 N–H and O–H groups in total. The van der Waals surface area contributed by atoms with Crippen LogP contribution in [0.1, 0.15) is 54.9 Å². The number of aliphatic hydroxyl groups is 1. The van der Waals surface area contributed by atoms with Crippen LogP contribution in [0.4, 0.5) is 5.95 Å². The first-order chi connectivity index (χ1) is 11.2. The second-order valence-corrected chi connectivity index (χ2v) is 6.66. The van der Waals surface area contributed by atoms with Gasteiger partial charge in [0.2, 0.25) is 11.8 Å². The van der Waals surface area contributed by atoms with Crippen molar-refractivity contribution >= 4 is 5.95 Å². The predicted molar refractivity (Wildman–Crippen MR) is 83.0 cm³/mol. The molecule has 2 saturated carbocycles. The molecule has 0 saturated heterocycles. The van der Waals surface area contributed by atoms with Crippen molar-refractivity contribution < 1.29 is 9.63 Å². The molecule has 0 bridgehead atoms. The molecule has 2 aromatic rings. The van der Waals surface area contributed by atoms with Crippen LogP contribution in [0.15, 0.2) is 16.8 Å². The molecule has 0 aromatic carbocycles. The number of nitrogens with zero attached hydrogens (tertiary/aromatic N) is 4. The lowest BCUT2D eigenvalue weighted by Gasteiger charge is -2.14. The summed E-state index contributed by atoms with van der Waals surface area (Å²) in [7, 11) is 0. The summed E-state index contributed by atoms with van der Waals surface area (Å²) < 4.78 is 5.41. The van der Waals surface area contributed by atoms with Crippen LogP contribution in [-0.2, 0) is 0 Å². The Morgan fingerprint density at radius 1 is 1.26 bits per heavy atom. The SMILES string of the molecule is Cc1ccnc(NC[C@H]2C[C@H](c3nc(C4CC4)no3)C[C@H]2O)n1. The minimum Gasteiger partial charge on any atom is -0.393 e. The molecular weight excluding hydrogens is 294 g/mol. The van der Waals surface area contributed by atoms with E-state index >= 15 is 0 Å². The minimum absolute atomic E-state index is 0.139. The quantitative estimate of drug-likeness (QED) is 0.871. The molecule has 7 heteroatoms. The molecule has 3 atom stereocenters. The average Bonchev–Trinajstić information content (AvgIpc) is 3.15. The molecule has 23 heavy (non-hydrogen) atoms. The average molecular weight is 315 g/mol. The molecule has 4 rings (SSSR count). The van der Waals surface area contributed by atoms with Crippen LogP contribution in [-0.4, -0.2) is 37.9 Å². The van der Waals surface area contributed by atoms with Gasteiger partial charge in [-0.3, -0.25) is 0 Å². The standard InChI is InChI=1S/C16H21N5O2/c1-9-4-5-17-16(19-9)18-8-12-6-11(7-13(12)22)15-20-14(21-23-15)10-2-3-10/h4-5,10-13,22H,2-3,6-8H2,1H3,(H,17,18,19)/t11-,12+,13+/m0/s1. The van der Waals surface area contributed by atoms with E-state index in [0.29, 0.717) is 30.7 Å². The predicted octanol–water partition coefficient (Wildman–Crippen LogP) is 2.01. The summed E-state index contributed by atoms with van der Waals surface area (Å²) in [5, 5.41) is 17.6. The highest BCUT2D eigenvalue weighted by Crippen LogP contribution is 2.41. The van der Waals surface area contributed by atoms with Crippen molar-refractivity contribution in [3.8, 4) is 0 Å². The molecule has 2 fully saturated rings. The summed E-state index contributed by atoms with van der Waals surface area (Å²) in [6, 6.07) is 1.86. The fourth-order valence-corrected chi connectivity index (χ4v) is 3.20. The molecule has 0 amide bonds. The van der Waals surface area contributed by atoms with Crippen LogP contribution < -0.4 is 5.32 Å². The number of aromatic nitrogens is 4. The molecule has 0 radical (unpaired) electrons. The van der Waals surface area contributed by atoms with Crippen LogP contribution in [0.5, 0.6) is 0 Å². The van der Waals surface area contributed by atoms with E-state index in [2.05, 4.69) is 25.4 Å². The Balaban J connectivity index is 1.36. The first-order valence-corrected chi connectivity index (χ1v) is 8.24. The Hall–Kier alpha value is -2.02. The van der Waals surface area contributed by atoms with Gasteiger partial charge in [0, 0.05) is 36.2 Å². The van der Waals surface area contributed by atoms with Crippen molar-refractivity contribution in [2.45, 2.75) is 50.5 Å². The summed E-state index contributed by atoms with van der Waals surface area (Å²) in [6.07, 6.45) is 5.20. The molecule has 2 heterocycles. The summed E-state index contributed by atoms with van der Waals surface area (Å²) in [5.41, 5.74) is 0.922. The van der Waals surface area contributed by atoms with E-state index in [1.807, 2.05) is 13.0 Å². The van der Waals surface area contributed by atoms with Crippen molar-refractivity contribution in [2.24, 2.45) is 5.92 Å². The van der Waals surface area contributed by atoms with Gasteiger partial charge in [0.15, 0.2) is 5.82 Å². The zero-order valence-electron chi connectivity index (χ0n) is 13.1. The largest absolute Gasteiger partial charge is 0.393 e. The van der Waals surface area contributed by atoms with Crippen molar-refractivity contribution in [1.82, 2.24) is 20.1 Å². The van der Waals surface area contributed by atoms with Gasteiger partial charge in [-0.25, -0.2) is 9.97 Å². The van der Waals surface area contributed by atoms with Gasteiger partial charge in [0.1, 0.15) is 0 Å². The van der Waals surface area contributed by atoms with E-state index < -0.39 is 0 Å². The molecule has 0 aliphatic heterocycles. The van der Waals surface area contributed by atoms with Gasteiger partial charge >= 0.3 is 0 Å². The Kier molecular flexibility index (Phi) is 3.72. The fraction of sp³-hybridized carbons (Fsp3) is 0.625. The number of hydrogen-bond donors (Lipinski definition) is 2. The molecule has 122 valence electrons. The Morgan fingerprint density at radius 2 is 2.13 bits per heavy atom. The van der Waals surface area contributed by atoms with E-state index in [9.17, 15) is 5.11 Å². The second kappa shape index (κ2) is 5.88. The van der Waals surface area contributed by atoms with Crippen LogP contribution in [0.25, 0.3) is 0 Å². The van der Waals surface area contributed by atoms with Gasteiger partial charge in [-0.15, -0.1) is 0 Å². The maximum atomic E-state index is 10.3. The summed E-state index contributed by atoms with van der Waals surface area (Å²) in [4.78, 5) is 13.0. The lowest BCUT2D eigenvalue weighted by Crippen LogP contribution is -2.22. The zero-order valence-corrected chi connectivity index (χ0v) is 13.1. The zero-order chi connectivity index (χ0) is 15.8. The van der Waals surface area contributed by atoms with Gasteiger partial charge in [-0.2, -0.15) is 4.98 Å². The molecule has 0 unspecified atom stereocenters. The molecule has 2 aromatic heterocycles. The first kappa shape index (κ1) is 14.6. The fourth-order valence-electron chi connectivity index (χ4n) is 3.20. The summed E-state index contributed by atoms with van der Waals surface area (Å²) in [5.74, 6) is 2.91. The van der Waals surface area contributed by atoms with Gasteiger partial charge in [-0.1, -0.05) is 5.16 Å². The number of anilines is 1. The van der Waals surface area contributed by atoms with Crippen molar-refractivity contribution in [2.75, 3.05) is 11.9 Å². The van der Waals surface area contributed by atoms with E-state index in [1.165, 1.54) is 0 Å². The molecule has 7 nitrogen and oxygen atoms in total. The highest BCUT2D eigenvalue weighted by molar-refractivity contribution is 5.25. The Labute approximate surface area is 134 Å². The number of rotatable bonds is 5. The molecule has 2 aliphatic rings. The van der Waals surface area contributed by atoms with E-state index in [4.69, 9.17) is 4.52 Å². The molecule has 2 aliphatic carbocycles. The lowest BCUT2D eigenvalue weighted by atomic mass is 10.0. The summed E-state index contributed by atoms with van der Waals surface area (Å²) >= 11 is 0. The van der Waals surface area contributed by atoms with E-state index in [0.717, 1.165) is 30.8 Å². The number of aliphatic hydroxyl groups excluding tert-OH is 1. The number of nitrogens with one attached hydrogen (secondary N) is 1. The van der Waals surface area contributed by atoms with Crippen LogP contribution in [0.3, 0.4) is 0 Å². The second-order valence-electron chi connectivity index (χ2n) is 6.66. The normalized spacial score (nSPS) is 27.3. The van der Waals surface area contributed by atoms with Crippen molar-refractivity contribution in [3.05, 3.63) is 29.7 Å². The van der Waals surface area contributed by atoms with Crippen LogP contribution >= 0.6 is 0 Å². The molecular formula is C16H21N5O2. The van der Waals surface area contributed by atoms with Gasteiger partial charge < -0.3 is 14.9 Å². The highest BCUT2D eigenvalue weighted by Gasteiger charge is 2.38. The highest BCUT2D eigenvalue weighted by atomic mass is 16.5. The third kappa shape index (κ3) is 3.19. The van der Waals surface area contributed by atoms with Crippen molar-refractivity contribution in [3.63, 3.8) is 0 Å². The number of aryl methyl sites for hydroxylation is 1. The monoisotopic (exact) mass is 315 g/mol. The van der Waals surface area contributed by atoms with Gasteiger partial charge in [-0.05, 0) is 38.7 Å². The van der Waals surface area contributed by atoms with E-state index in [1.54, 1.807) is 6.20 Å². The Morgan fingerprint density at radius 3 is 2.91 bits per heavy atom. The maximum absolute atomic E-state index is 10.3. The topological polar surface area (TPSA) is 97.0 Å². The molecule has 0 spiro atoms. The third-order valence-electron chi connectivity index (χ3n) is 4.72. The third-order valence-corrected chi connectivity index (χ3v) is 4.72. The number of hydrogen-bond acceptors (Lipinski definition) is 7.